The number of benzene rings is 2. The lowest BCUT2D eigenvalue weighted by atomic mass is 10.2. The lowest BCUT2D eigenvalue weighted by molar-refractivity contribution is -0.156. The van der Waals surface area contributed by atoms with Gasteiger partial charge >= 0.3 is 5.97 Å². The molecule has 8 nitrogen and oxygen atoms in total. The summed E-state index contributed by atoms with van der Waals surface area (Å²) in [5.74, 6) is -4.47. The van der Waals surface area contributed by atoms with Crippen molar-refractivity contribution in [1.82, 2.24) is 9.80 Å². The highest BCUT2D eigenvalue weighted by Gasteiger charge is 2.44. The molecule has 0 spiro atoms. The molecule has 2 heterocycles. The molecule has 33 heavy (non-hydrogen) atoms. The number of carbonyl (C=O) groups is 5. The number of amides is 4. The van der Waals surface area contributed by atoms with E-state index in [2.05, 4.69) is 0 Å². The average Bonchev–Trinajstić information content (AvgIpc) is 3.22. The largest absolute Gasteiger partial charge is 0.480 e. The van der Waals surface area contributed by atoms with Crippen molar-refractivity contribution in [2.45, 2.75) is 15.8 Å². The molecule has 2 aromatic carbocycles. The highest BCUT2D eigenvalue weighted by atomic mass is 32.2. The van der Waals surface area contributed by atoms with Crippen molar-refractivity contribution in [2.24, 2.45) is 0 Å². The first-order valence-electron chi connectivity index (χ1n) is 9.70. The van der Waals surface area contributed by atoms with Crippen LogP contribution in [0, 0.1) is 0 Å². The average molecular weight is 481 g/mol. The minimum absolute atomic E-state index is 0.0648. The predicted octanol–water partition coefficient (Wildman–Crippen LogP) is 2.53. The van der Waals surface area contributed by atoms with Crippen molar-refractivity contribution in [3.8, 4) is 0 Å². The highest BCUT2D eigenvalue weighted by Crippen LogP contribution is 2.34. The van der Waals surface area contributed by atoms with Gasteiger partial charge in [0.05, 0.1) is 16.4 Å². The summed E-state index contributed by atoms with van der Waals surface area (Å²) in [6, 6.07) is 16.0. The molecule has 1 unspecified atom stereocenters. The second-order valence-electron chi connectivity index (χ2n) is 6.97. The van der Waals surface area contributed by atoms with Gasteiger partial charge in [-0.2, -0.15) is 0 Å². The molecule has 4 rings (SSSR count). The van der Waals surface area contributed by atoms with Gasteiger partial charge in [-0.05, 0) is 24.3 Å². The van der Waals surface area contributed by atoms with Gasteiger partial charge in [-0.25, -0.2) is 4.79 Å². The predicted molar refractivity (Wildman–Crippen MR) is 121 cm³/mol. The molecule has 0 saturated carbocycles. The molecule has 0 bridgehead atoms. The molecule has 166 valence electrons. The fraction of sp³-hybridized carbons (Fsp3) is 0.0870. The SMILES string of the molecule is O=C(O)C(CN1C(=O)C=C(Sc2ccccc2)C1=O)N1C(=O)C=C(Sc2ccccc2)C1=O. The number of thioether (sulfide) groups is 2. The summed E-state index contributed by atoms with van der Waals surface area (Å²) >= 11 is 2.11. The van der Waals surface area contributed by atoms with Crippen LogP contribution in [0.5, 0.6) is 0 Å². The van der Waals surface area contributed by atoms with Gasteiger partial charge in [-0.15, -0.1) is 0 Å². The van der Waals surface area contributed by atoms with Crippen LogP contribution in [0.1, 0.15) is 0 Å². The van der Waals surface area contributed by atoms with Crippen LogP contribution < -0.4 is 0 Å². The van der Waals surface area contributed by atoms with Crippen molar-refractivity contribution >= 4 is 53.1 Å². The summed E-state index contributed by atoms with van der Waals surface area (Å²) in [6.07, 6.45) is 2.19. The molecule has 0 fully saturated rings. The summed E-state index contributed by atoms with van der Waals surface area (Å²) in [5, 5.41) is 9.73. The smallest absolute Gasteiger partial charge is 0.328 e. The van der Waals surface area contributed by atoms with Gasteiger partial charge in [-0.3, -0.25) is 29.0 Å². The lowest BCUT2D eigenvalue weighted by Crippen LogP contribution is -2.52. The number of carboxylic acid groups (broad SMARTS) is 1. The summed E-state index contributed by atoms with van der Waals surface area (Å²) in [5.41, 5.74) is 0. The fourth-order valence-corrected chi connectivity index (χ4v) is 5.03. The number of carboxylic acids is 1. The van der Waals surface area contributed by atoms with Crippen LogP contribution in [0.2, 0.25) is 0 Å². The zero-order chi connectivity index (χ0) is 23.5. The maximum absolute atomic E-state index is 12.9. The van der Waals surface area contributed by atoms with E-state index in [9.17, 15) is 29.1 Å². The Labute approximate surface area is 196 Å². The van der Waals surface area contributed by atoms with E-state index in [1.54, 1.807) is 54.6 Å². The monoisotopic (exact) mass is 480 g/mol. The minimum atomic E-state index is -1.71. The number of aliphatic carboxylic acids is 1. The summed E-state index contributed by atoms with van der Waals surface area (Å²) < 4.78 is 0. The van der Waals surface area contributed by atoms with Crippen molar-refractivity contribution in [1.29, 1.82) is 0 Å². The Hall–Kier alpha value is -3.63. The Morgan fingerprint density at radius 1 is 0.758 bits per heavy atom. The Morgan fingerprint density at radius 2 is 1.24 bits per heavy atom. The summed E-state index contributed by atoms with van der Waals surface area (Å²) in [7, 11) is 0. The molecule has 0 radical (unpaired) electrons. The number of hydrogen-bond donors (Lipinski definition) is 1. The molecule has 1 atom stereocenters. The summed E-state index contributed by atoms with van der Waals surface area (Å²) in [4.78, 5) is 65.5. The number of carbonyl (C=O) groups excluding carboxylic acids is 4. The zero-order valence-corrected chi connectivity index (χ0v) is 18.5. The van der Waals surface area contributed by atoms with Crippen LogP contribution in [-0.2, 0) is 24.0 Å². The van der Waals surface area contributed by atoms with Gasteiger partial charge < -0.3 is 5.11 Å². The van der Waals surface area contributed by atoms with Crippen molar-refractivity contribution < 1.29 is 29.1 Å². The molecule has 0 aromatic heterocycles. The first-order valence-corrected chi connectivity index (χ1v) is 11.3. The van der Waals surface area contributed by atoms with E-state index in [-0.39, 0.29) is 9.81 Å². The quantitative estimate of drug-likeness (QED) is 0.574. The van der Waals surface area contributed by atoms with Gasteiger partial charge in [0.1, 0.15) is 0 Å². The van der Waals surface area contributed by atoms with E-state index in [0.29, 0.717) is 9.80 Å². The van der Waals surface area contributed by atoms with Crippen molar-refractivity contribution in [3.05, 3.63) is 82.6 Å². The van der Waals surface area contributed by atoms with E-state index in [4.69, 9.17) is 0 Å². The maximum atomic E-state index is 12.9. The Balaban J connectivity index is 1.49. The molecule has 4 amide bonds. The lowest BCUT2D eigenvalue weighted by Gasteiger charge is -2.26. The third-order valence-electron chi connectivity index (χ3n) is 4.79. The second-order valence-corrected chi connectivity index (χ2v) is 9.20. The number of hydrogen-bond acceptors (Lipinski definition) is 7. The molecule has 2 aliphatic rings. The van der Waals surface area contributed by atoms with Crippen LogP contribution >= 0.6 is 23.5 Å². The van der Waals surface area contributed by atoms with E-state index in [1.165, 1.54) is 0 Å². The third-order valence-corrected chi connectivity index (χ3v) is 6.83. The van der Waals surface area contributed by atoms with Crippen LogP contribution in [0.3, 0.4) is 0 Å². The van der Waals surface area contributed by atoms with Gasteiger partial charge in [0.15, 0.2) is 6.04 Å². The first kappa shape index (κ1) is 22.6. The standard InChI is InChI=1S/C23H16N2O6S2/c26-19-11-17(32-14-7-3-1-4-8-14)21(28)24(19)13-16(23(30)31)25-20(27)12-18(22(25)29)33-15-9-5-2-6-10-15/h1-12,16H,13H2,(H,30,31). The molecular formula is C23H16N2O6S2. The second kappa shape index (κ2) is 9.47. The van der Waals surface area contributed by atoms with Crippen molar-refractivity contribution in [3.63, 3.8) is 0 Å². The number of rotatable bonds is 8. The van der Waals surface area contributed by atoms with Crippen LogP contribution in [-0.4, -0.2) is 57.1 Å². The molecule has 2 aliphatic heterocycles. The minimum Gasteiger partial charge on any atom is -0.480 e. The van der Waals surface area contributed by atoms with E-state index in [0.717, 1.165) is 45.5 Å². The number of imide groups is 2. The zero-order valence-electron chi connectivity index (χ0n) is 16.9. The Morgan fingerprint density at radius 3 is 1.76 bits per heavy atom. The molecular weight excluding hydrogens is 464 g/mol. The number of nitrogens with zero attached hydrogens (tertiary/aromatic N) is 2. The fourth-order valence-electron chi connectivity index (χ4n) is 3.24. The topological polar surface area (TPSA) is 112 Å². The summed E-state index contributed by atoms with van der Waals surface area (Å²) in [6.45, 7) is -0.642. The molecule has 0 saturated heterocycles. The Kier molecular flexibility index (Phi) is 6.47. The molecule has 0 aliphatic carbocycles. The van der Waals surface area contributed by atoms with E-state index >= 15 is 0 Å². The van der Waals surface area contributed by atoms with Crippen LogP contribution in [0.25, 0.3) is 0 Å². The highest BCUT2D eigenvalue weighted by molar-refractivity contribution is 8.04. The van der Waals surface area contributed by atoms with E-state index in [1.807, 2.05) is 6.07 Å². The molecule has 10 heteroatoms. The van der Waals surface area contributed by atoms with Gasteiger partial charge in [-0.1, -0.05) is 59.9 Å². The molecule has 2 aromatic rings. The normalized spacial score (nSPS) is 16.8. The van der Waals surface area contributed by atoms with Gasteiger partial charge in [0, 0.05) is 21.9 Å². The van der Waals surface area contributed by atoms with Gasteiger partial charge in [0.2, 0.25) is 0 Å². The third kappa shape index (κ3) is 4.76. The Bertz CT molecular complexity index is 1210. The van der Waals surface area contributed by atoms with E-state index < -0.39 is 42.2 Å². The maximum Gasteiger partial charge on any atom is 0.328 e. The van der Waals surface area contributed by atoms with Gasteiger partial charge in [0.25, 0.3) is 23.6 Å². The molecule has 1 N–H and O–H groups in total. The van der Waals surface area contributed by atoms with Crippen LogP contribution in [0.15, 0.2) is 92.4 Å². The van der Waals surface area contributed by atoms with Crippen LogP contribution in [0.4, 0.5) is 0 Å². The van der Waals surface area contributed by atoms with Crippen molar-refractivity contribution in [2.75, 3.05) is 6.54 Å². The first-order chi connectivity index (χ1) is 15.8.